The number of carbonyl (C=O) groups excluding carboxylic acids is 1. The predicted octanol–water partition coefficient (Wildman–Crippen LogP) is 7.36. The lowest BCUT2D eigenvalue weighted by atomic mass is 10.1. The van der Waals surface area contributed by atoms with Crippen LogP contribution in [0.2, 0.25) is 0 Å². The molecule has 1 aromatic heterocycles. The zero-order valence-electron chi connectivity index (χ0n) is 22.8. The normalized spacial score (nSPS) is 9.26. The van der Waals surface area contributed by atoms with Gasteiger partial charge >= 0.3 is 0 Å². The average molecular weight is 514 g/mol. The van der Waals surface area contributed by atoms with Crippen molar-refractivity contribution in [3.63, 3.8) is 0 Å². The zero-order chi connectivity index (χ0) is 28.2. The van der Waals surface area contributed by atoms with E-state index in [1.165, 1.54) is 11.1 Å². The molecule has 0 aliphatic rings. The number of hydrogen-bond acceptors (Lipinski definition) is 7. The van der Waals surface area contributed by atoms with Gasteiger partial charge in [-0.15, -0.1) is 0 Å². The highest BCUT2D eigenvalue weighted by Gasteiger charge is 2.10. The van der Waals surface area contributed by atoms with Crippen molar-refractivity contribution < 1.29 is 9.53 Å². The summed E-state index contributed by atoms with van der Waals surface area (Å²) >= 11 is 0. The first-order valence-electron chi connectivity index (χ1n) is 12.6. The summed E-state index contributed by atoms with van der Waals surface area (Å²) in [6.45, 7) is 14.0. The van der Waals surface area contributed by atoms with Gasteiger partial charge in [0, 0.05) is 24.0 Å². The monoisotopic (exact) mass is 513 g/mol. The summed E-state index contributed by atoms with van der Waals surface area (Å²) in [7, 11) is 0. The average Bonchev–Trinajstić information content (AvgIpc) is 2.98. The molecule has 0 unspecified atom stereocenters. The number of aryl methyl sites for hydroxylation is 1. The first-order valence-corrected chi connectivity index (χ1v) is 12.6. The van der Waals surface area contributed by atoms with E-state index in [4.69, 9.17) is 19.9 Å². The summed E-state index contributed by atoms with van der Waals surface area (Å²) < 4.78 is 5.58. The van der Waals surface area contributed by atoms with E-state index in [1.54, 1.807) is 0 Å². The van der Waals surface area contributed by atoms with Crippen LogP contribution in [-0.2, 0) is 11.2 Å². The number of ether oxygens (including phenoxy) is 1. The second-order valence-corrected chi connectivity index (χ2v) is 7.57. The molecule has 0 fully saturated rings. The van der Waals surface area contributed by atoms with Crippen molar-refractivity contribution in [1.29, 1.82) is 5.41 Å². The van der Waals surface area contributed by atoms with Crippen LogP contribution in [0.25, 0.3) is 11.1 Å². The van der Waals surface area contributed by atoms with Crippen LogP contribution in [0.4, 0.5) is 17.5 Å². The number of benzene rings is 3. The Morgan fingerprint density at radius 1 is 0.921 bits per heavy atom. The summed E-state index contributed by atoms with van der Waals surface area (Å²) in [4.78, 5) is 17.4. The molecule has 0 aliphatic carbocycles. The second-order valence-electron chi connectivity index (χ2n) is 7.57. The molecular weight excluding hydrogens is 474 g/mol. The van der Waals surface area contributed by atoms with Gasteiger partial charge in [-0.1, -0.05) is 68.4 Å². The van der Waals surface area contributed by atoms with E-state index < -0.39 is 0 Å². The van der Waals surface area contributed by atoms with Crippen LogP contribution in [0.3, 0.4) is 0 Å². The molecule has 0 saturated heterocycles. The first kappa shape index (κ1) is 31.5. The van der Waals surface area contributed by atoms with E-state index in [0.717, 1.165) is 41.3 Å². The summed E-state index contributed by atoms with van der Waals surface area (Å²) in [5.74, 6) is 2.22. The Bertz CT molecular complexity index is 1180. The Morgan fingerprint density at radius 3 is 2.24 bits per heavy atom. The maximum atomic E-state index is 8.00. The molecule has 3 aromatic carbocycles. The van der Waals surface area contributed by atoms with Crippen LogP contribution in [0.15, 0.2) is 85.1 Å². The van der Waals surface area contributed by atoms with Gasteiger partial charge in [-0.05, 0) is 67.9 Å². The van der Waals surface area contributed by atoms with Gasteiger partial charge in [0.25, 0.3) is 0 Å². The van der Waals surface area contributed by atoms with Gasteiger partial charge in [-0.3, -0.25) is 0 Å². The maximum absolute atomic E-state index is 8.00. The first-order chi connectivity index (χ1) is 18.7. The van der Waals surface area contributed by atoms with Crippen molar-refractivity contribution in [3.8, 4) is 16.9 Å². The summed E-state index contributed by atoms with van der Waals surface area (Å²) in [5.41, 5.74) is 5.43. The van der Waals surface area contributed by atoms with Gasteiger partial charge < -0.3 is 25.6 Å². The Hall–Kier alpha value is -4.52. The molecule has 0 spiro atoms. The highest BCUT2D eigenvalue weighted by molar-refractivity contribution is 5.76. The van der Waals surface area contributed by atoms with Crippen LogP contribution in [0.5, 0.6) is 5.75 Å². The minimum Gasteiger partial charge on any atom is -0.494 e. The van der Waals surface area contributed by atoms with Crippen molar-refractivity contribution >= 4 is 31.0 Å². The molecule has 1 heterocycles. The van der Waals surface area contributed by atoms with Crippen molar-refractivity contribution in [2.75, 3.05) is 23.8 Å². The number of aromatic nitrogens is 2. The molecule has 200 valence electrons. The van der Waals surface area contributed by atoms with Gasteiger partial charge in [-0.25, -0.2) is 4.98 Å². The van der Waals surface area contributed by atoms with E-state index in [9.17, 15) is 0 Å². The van der Waals surface area contributed by atoms with E-state index in [2.05, 4.69) is 65.7 Å². The molecule has 3 N–H and O–H groups in total. The lowest BCUT2D eigenvalue weighted by Gasteiger charge is -2.14. The van der Waals surface area contributed by atoms with Gasteiger partial charge in [0.1, 0.15) is 18.4 Å². The summed E-state index contributed by atoms with van der Waals surface area (Å²) in [6, 6.07) is 26.7. The third-order valence-corrected chi connectivity index (χ3v) is 5.09. The lowest BCUT2D eigenvalue weighted by molar-refractivity contribution is -0.0980. The topological polar surface area (TPSA) is 100.0 Å². The van der Waals surface area contributed by atoms with E-state index in [1.807, 2.05) is 76.2 Å². The number of nitrogens with zero attached hydrogens (tertiary/aromatic N) is 2. The molecular formula is C31H39N5O2. The van der Waals surface area contributed by atoms with Crippen LogP contribution < -0.4 is 15.4 Å². The van der Waals surface area contributed by atoms with Crippen molar-refractivity contribution in [3.05, 3.63) is 96.2 Å². The third kappa shape index (κ3) is 10.2. The van der Waals surface area contributed by atoms with E-state index in [-0.39, 0.29) is 0 Å². The Kier molecular flexibility index (Phi) is 15.5. The van der Waals surface area contributed by atoms with Gasteiger partial charge in [0.05, 0.1) is 6.61 Å². The van der Waals surface area contributed by atoms with Gasteiger partial charge in [-0.2, -0.15) is 4.98 Å². The van der Waals surface area contributed by atoms with Crippen LogP contribution >= 0.6 is 0 Å². The highest BCUT2D eigenvalue weighted by atomic mass is 16.5. The molecule has 4 aromatic rings. The summed E-state index contributed by atoms with van der Waals surface area (Å²) in [5, 5.41) is 12.3. The van der Waals surface area contributed by atoms with Crippen LogP contribution in [0.1, 0.15) is 31.9 Å². The van der Waals surface area contributed by atoms with Gasteiger partial charge in [0.2, 0.25) is 5.95 Å². The molecule has 0 bridgehead atoms. The van der Waals surface area contributed by atoms with E-state index in [0.29, 0.717) is 12.6 Å². The lowest BCUT2D eigenvalue weighted by Crippen LogP contribution is -2.09. The Balaban J connectivity index is 0.00000112. The fourth-order valence-corrected chi connectivity index (χ4v) is 3.51. The third-order valence-electron chi connectivity index (χ3n) is 5.09. The fourth-order valence-electron chi connectivity index (χ4n) is 3.51. The molecule has 0 atom stereocenters. The molecule has 38 heavy (non-hydrogen) atoms. The second kappa shape index (κ2) is 18.7. The molecule has 0 amide bonds. The smallest absolute Gasteiger partial charge is 0.229 e. The molecule has 0 aliphatic heterocycles. The van der Waals surface area contributed by atoms with Crippen molar-refractivity contribution in [2.45, 2.75) is 34.1 Å². The molecule has 0 radical (unpaired) electrons. The molecule has 0 saturated carbocycles. The number of rotatable bonds is 9. The standard InChI is InChI=1S/C27H28N4O.C2H6.CH3N.CH2O/c1-3-32-24-14-12-22(13-15-24)25-19-29-27(30-23-11-7-8-20(2)18-23)31-26(25)28-17-16-21-9-5-4-6-10-21;3*1-2/h4-15,18-19H,3,16-17H2,1-2H3,(H2,28,29,30,31);1-2H3;2H,1H2;1H2. The number of anilines is 3. The highest BCUT2D eigenvalue weighted by Crippen LogP contribution is 2.29. The van der Waals surface area contributed by atoms with Crippen molar-refractivity contribution in [1.82, 2.24) is 9.97 Å². The van der Waals surface area contributed by atoms with Crippen LogP contribution in [-0.4, -0.2) is 36.6 Å². The quantitative estimate of drug-likeness (QED) is 0.202. The zero-order valence-corrected chi connectivity index (χ0v) is 22.8. The largest absolute Gasteiger partial charge is 0.494 e. The maximum Gasteiger partial charge on any atom is 0.229 e. The van der Waals surface area contributed by atoms with E-state index >= 15 is 0 Å². The SMILES string of the molecule is C=N.C=O.CC.CCOc1ccc(-c2cnc(Nc3cccc(C)c3)nc2NCCc2ccccc2)cc1. The van der Waals surface area contributed by atoms with Crippen molar-refractivity contribution in [2.24, 2.45) is 0 Å². The van der Waals surface area contributed by atoms with Crippen LogP contribution in [0, 0.1) is 12.3 Å². The minimum absolute atomic E-state index is 0.562. The fraction of sp³-hybridized carbons (Fsp3) is 0.226. The molecule has 4 rings (SSSR count). The molecule has 7 heteroatoms. The number of carbonyl (C=O) groups is 1. The predicted molar refractivity (Wildman–Crippen MR) is 160 cm³/mol. The Morgan fingerprint density at radius 2 is 1.61 bits per heavy atom. The number of nitrogens with one attached hydrogen (secondary N) is 3. The Labute approximate surface area is 226 Å². The number of hydrogen-bond donors (Lipinski definition) is 3. The summed E-state index contributed by atoms with van der Waals surface area (Å²) in [6.07, 6.45) is 2.78. The molecule has 7 nitrogen and oxygen atoms in total. The van der Waals surface area contributed by atoms with Gasteiger partial charge in [0.15, 0.2) is 0 Å². The minimum atomic E-state index is 0.562.